The quantitative estimate of drug-likeness (QED) is 0.106. The van der Waals surface area contributed by atoms with Crippen molar-refractivity contribution >= 4 is 18.0 Å². The van der Waals surface area contributed by atoms with E-state index in [0.717, 1.165) is 56.1 Å². The molecular weight excluding hydrogens is 645 g/mol. The number of rotatable bonds is 15. The Kier molecular flexibility index (Phi) is 14.0. The first-order valence-electron chi connectivity index (χ1n) is 14.7. The van der Waals surface area contributed by atoms with Crippen molar-refractivity contribution < 1.29 is 52.4 Å². The van der Waals surface area contributed by atoms with Gasteiger partial charge in [-0.1, -0.05) is 79.9 Å². The molecule has 0 atom stereocenters. The van der Waals surface area contributed by atoms with Crippen molar-refractivity contribution in [3.05, 3.63) is 90.5 Å². The molecule has 0 saturated heterocycles. The first-order valence-corrected chi connectivity index (χ1v) is 14.7. The van der Waals surface area contributed by atoms with Crippen molar-refractivity contribution in [1.29, 1.82) is 0 Å². The predicted octanol–water partition coefficient (Wildman–Crippen LogP) is 2.58. The molecule has 0 N–H and O–H groups in total. The summed E-state index contributed by atoms with van der Waals surface area (Å²) in [5.41, 5.74) is 1.97. The molecule has 1 saturated carbocycles. The number of imidazole rings is 1. The number of benzene rings is 2. The Morgan fingerprint density at radius 2 is 1.40 bits per heavy atom. The van der Waals surface area contributed by atoms with Gasteiger partial charge < -0.3 is 38.4 Å². The zero-order chi connectivity index (χ0) is 28.9. The topological polar surface area (TPSA) is 81.7 Å². The summed E-state index contributed by atoms with van der Waals surface area (Å²) in [4.78, 5) is 39.7. The van der Waals surface area contributed by atoms with Crippen molar-refractivity contribution in [3.63, 3.8) is 0 Å². The normalized spacial score (nSPS) is 15.6. The molecule has 9 heteroatoms. The van der Waals surface area contributed by atoms with Crippen molar-refractivity contribution in [2.24, 2.45) is 13.0 Å². The molecule has 226 valence electrons. The summed E-state index contributed by atoms with van der Waals surface area (Å²) in [6.45, 7) is 1.29. The molecule has 3 aromatic rings. The second-order valence-corrected chi connectivity index (χ2v) is 11.0. The number of hydrogen-bond acceptors (Lipinski definition) is 5. The van der Waals surface area contributed by atoms with E-state index in [-0.39, 0.29) is 53.9 Å². The van der Waals surface area contributed by atoms with Crippen LogP contribution < -0.4 is 28.5 Å². The molecule has 0 bridgehead atoms. The second kappa shape index (κ2) is 17.7. The molecule has 1 aromatic heterocycles. The molecular formula is C33H42IN3O5. The largest absolute Gasteiger partial charge is 1.00 e. The molecule has 4 rings (SSSR count). The Bertz CT molecular complexity index is 1240. The van der Waals surface area contributed by atoms with Crippen LogP contribution in [0.4, 0.5) is 4.79 Å². The van der Waals surface area contributed by atoms with Gasteiger partial charge in [0.25, 0.3) is 6.33 Å². The Morgan fingerprint density at radius 3 is 2.00 bits per heavy atom. The highest BCUT2D eigenvalue weighted by molar-refractivity contribution is 5.77. The number of aryl methyl sites for hydroxylation is 1. The molecule has 1 heterocycles. The van der Waals surface area contributed by atoms with Gasteiger partial charge in [-0.25, -0.2) is 9.36 Å². The fraction of sp³-hybridized carbons (Fsp3) is 0.455. The predicted molar refractivity (Wildman–Crippen MR) is 154 cm³/mol. The van der Waals surface area contributed by atoms with E-state index in [0.29, 0.717) is 32.6 Å². The van der Waals surface area contributed by atoms with Crippen LogP contribution in [-0.4, -0.2) is 40.0 Å². The maximum absolute atomic E-state index is 13.3. The average molecular weight is 688 g/mol. The van der Waals surface area contributed by atoms with Crippen LogP contribution in [0.15, 0.2) is 79.4 Å². The van der Waals surface area contributed by atoms with E-state index in [1.807, 2.05) is 83.4 Å². The Morgan fingerprint density at radius 1 is 0.833 bits per heavy atom. The number of hydrogen-bond donors (Lipinski definition) is 0. The van der Waals surface area contributed by atoms with Gasteiger partial charge in [0.1, 0.15) is 25.6 Å². The highest BCUT2D eigenvalue weighted by atomic mass is 127. The molecule has 2 aromatic carbocycles. The summed E-state index contributed by atoms with van der Waals surface area (Å²) >= 11 is 0. The molecule has 0 spiro atoms. The zero-order valence-electron chi connectivity index (χ0n) is 24.4. The van der Waals surface area contributed by atoms with Crippen molar-refractivity contribution in [2.75, 3.05) is 6.54 Å². The van der Waals surface area contributed by atoms with Gasteiger partial charge in [0, 0.05) is 25.4 Å². The first-order chi connectivity index (χ1) is 20.0. The second-order valence-electron chi connectivity index (χ2n) is 11.0. The monoisotopic (exact) mass is 687 g/mol. The summed E-state index contributed by atoms with van der Waals surface area (Å²) in [6.07, 6.45) is 12.5. The van der Waals surface area contributed by atoms with Gasteiger partial charge >= 0.3 is 18.0 Å². The third-order valence-corrected chi connectivity index (χ3v) is 7.61. The summed E-state index contributed by atoms with van der Waals surface area (Å²) in [5, 5.41) is 0. The first kappa shape index (κ1) is 33.3. The maximum atomic E-state index is 13.3. The fourth-order valence-corrected chi connectivity index (χ4v) is 5.19. The van der Waals surface area contributed by atoms with E-state index < -0.39 is 0 Å². The number of nitrogens with zero attached hydrogens (tertiary/aromatic N) is 3. The number of unbranched alkanes of at least 4 members (excludes halogenated alkanes) is 4. The number of aromatic nitrogens is 2. The standard InChI is InChI=1S/C33H42N3O5.HI/c1-34-19-20-35(26-34)33(39)36(30-21-29(22-30)23-32(38)41-25-28-15-9-6-10-16-28)18-12-4-2-3-11-17-31(37)40-24-27-13-7-5-8-14-27;/h5-10,13-16,19-20,26,29-30H,2-4,11-12,17-18,21-25H2,1H3;1H/q+1;/p-1. The van der Waals surface area contributed by atoms with Crippen molar-refractivity contribution in [1.82, 2.24) is 9.47 Å². The molecule has 8 nitrogen and oxygen atoms in total. The Hall–Kier alpha value is -3.21. The average Bonchev–Trinajstić information content (AvgIpc) is 3.41. The number of carbonyl (C=O) groups is 3. The summed E-state index contributed by atoms with van der Waals surface area (Å²) < 4.78 is 14.3. The van der Waals surface area contributed by atoms with Crippen molar-refractivity contribution in [3.8, 4) is 0 Å². The van der Waals surface area contributed by atoms with Crippen LogP contribution >= 0.6 is 0 Å². The third-order valence-electron chi connectivity index (χ3n) is 7.61. The molecule has 1 fully saturated rings. The lowest BCUT2D eigenvalue weighted by Gasteiger charge is -2.41. The molecule has 0 unspecified atom stereocenters. The molecule has 1 aliphatic carbocycles. The molecule has 0 radical (unpaired) electrons. The molecule has 1 aliphatic rings. The van der Waals surface area contributed by atoms with Crippen LogP contribution in [0.1, 0.15) is 68.9 Å². The van der Waals surface area contributed by atoms with Gasteiger partial charge in [-0.15, -0.1) is 0 Å². The van der Waals surface area contributed by atoms with Crippen LogP contribution in [0.5, 0.6) is 0 Å². The third kappa shape index (κ3) is 10.9. The van der Waals surface area contributed by atoms with Crippen LogP contribution in [0, 0.1) is 5.92 Å². The minimum Gasteiger partial charge on any atom is -1.00 e. The van der Waals surface area contributed by atoms with E-state index in [4.69, 9.17) is 9.47 Å². The molecule has 0 aliphatic heterocycles. The van der Waals surface area contributed by atoms with Crippen LogP contribution in [0.2, 0.25) is 0 Å². The lowest BCUT2D eigenvalue weighted by atomic mass is 9.77. The van der Waals surface area contributed by atoms with Gasteiger partial charge in [-0.3, -0.25) is 9.59 Å². The molecule has 1 amide bonds. The minimum absolute atomic E-state index is 0. The fourth-order valence-electron chi connectivity index (χ4n) is 5.19. The smallest absolute Gasteiger partial charge is 0.416 e. The van der Waals surface area contributed by atoms with E-state index in [1.54, 1.807) is 17.1 Å². The summed E-state index contributed by atoms with van der Waals surface area (Å²) in [6, 6.07) is 19.5. The highest BCUT2D eigenvalue weighted by Gasteiger charge is 2.39. The van der Waals surface area contributed by atoms with E-state index >= 15 is 0 Å². The van der Waals surface area contributed by atoms with Crippen molar-refractivity contribution in [2.45, 2.75) is 77.0 Å². The number of esters is 2. The lowest BCUT2D eigenvalue weighted by Crippen LogP contribution is -3.00. The molecule has 42 heavy (non-hydrogen) atoms. The highest BCUT2D eigenvalue weighted by Crippen LogP contribution is 2.35. The minimum atomic E-state index is -0.184. The van der Waals surface area contributed by atoms with Gasteiger partial charge in [0.2, 0.25) is 0 Å². The van der Waals surface area contributed by atoms with Crippen LogP contribution in [-0.2, 0) is 39.3 Å². The van der Waals surface area contributed by atoms with E-state index in [2.05, 4.69) is 0 Å². The SMILES string of the molecule is C[n+]1ccn(C(=O)N(CCCCCCCC(=O)OCc2ccccc2)C2CC(CC(=O)OCc3ccccc3)C2)c1.[I-]. The van der Waals surface area contributed by atoms with E-state index in [1.165, 1.54) is 0 Å². The zero-order valence-corrected chi connectivity index (χ0v) is 26.6. The number of carbonyl (C=O) groups excluding carboxylic acids is 3. The Balaban J connectivity index is 0.00000484. The van der Waals surface area contributed by atoms with Gasteiger partial charge in [0.05, 0.1) is 7.05 Å². The number of halogens is 1. The van der Waals surface area contributed by atoms with Gasteiger partial charge in [0.15, 0.2) is 0 Å². The summed E-state index contributed by atoms with van der Waals surface area (Å²) in [7, 11) is 1.89. The number of amides is 1. The maximum Gasteiger partial charge on any atom is 0.416 e. The van der Waals surface area contributed by atoms with Gasteiger partial charge in [-0.05, 0) is 42.7 Å². The van der Waals surface area contributed by atoms with Crippen LogP contribution in [0.25, 0.3) is 0 Å². The lowest BCUT2D eigenvalue weighted by molar-refractivity contribution is -0.670. The van der Waals surface area contributed by atoms with E-state index in [9.17, 15) is 14.4 Å². The Labute approximate surface area is 266 Å². The number of ether oxygens (including phenoxy) is 2. The van der Waals surface area contributed by atoms with Gasteiger partial charge in [-0.2, -0.15) is 4.57 Å². The van der Waals surface area contributed by atoms with Crippen LogP contribution in [0.3, 0.4) is 0 Å². The summed E-state index contributed by atoms with van der Waals surface area (Å²) in [5.74, 6) is -0.105.